The number of para-hydroxylation sites is 1. The molecule has 29 heavy (non-hydrogen) atoms. The zero-order chi connectivity index (χ0) is 21.2. The number of alkyl carbamates (subject to hydrolysis) is 1. The number of amides is 1. The highest BCUT2D eigenvalue weighted by atomic mass is 16.6. The second-order valence-electron chi connectivity index (χ2n) is 8.02. The minimum atomic E-state index is -1.07. The second-order valence-corrected chi connectivity index (χ2v) is 8.02. The smallest absolute Gasteiger partial charge is 0.408 e. The van der Waals surface area contributed by atoms with Gasteiger partial charge in [-0.1, -0.05) is 18.2 Å². The number of nitrogens with one attached hydrogen (secondary N) is 2. The summed E-state index contributed by atoms with van der Waals surface area (Å²) in [4.78, 5) is 31.8. The summed E-state index contributed by atoms with van der Waals surface area (Å²) in [6.45, 7) is 7.11. The van der Waals surface area contributed by atoms with Crippen LogP contribution in [-0.4, -0.2) is 34.7 Å². The van der Waals surface area contributed by atoms with E-state index in [1.807, 2.05) is 30.5 Å². The molecule has 0 unspecified atom stereocenters. The molecule has 3 rings (SSSR count). The molecule has 8 heteroatoms. The van der Waals surface area contributed by atoms with Crippen LogP contribution in [0.25, 0.3) is 10.9 Å². The molecule has 0 spiro atoms. The van der Waals surface area contributed by atoms with Crippen LogP contribution in [0.1, 0.15) is 49.6 Å². The first-order valence-electron chi connectivity index (χ1n) is 9.22. The zero-order valence-corrected chi connectivity index (χ0v) is 17.2. The quantitative estimate of drug-likeness (QED) is 0.630. The summed E-state index contributed by atoms with van der Waals surface area (Å²) in [5.41, 5.74) is 0.222. The van der Waals surface area contributed by atoms with E-state index in [1.165, 1.54) is 13.4 Å². The van der Waals surface area contributed by atoms with Crippen LogP contribution in [-0.2, 0) is 21.4 Å². The number of H-pyrrole nitrogens is 1. The van der Waals surface area contributed by atoms with E-state index in [-0.39, 0.29) is 11.6 Å². The van der Waals surface area contributed by atoms with Gasteiger partial charge in [0, 0.05) is 23.5 Å². The number of rotatable bonds is 5. The molecule has 0 aliphatic rings. The number of esters is 1. The van der Waals surface area contributed by atoms with Gasteiger partial charge in [0.15, 0.2) is 5.69 Å². The molecule has 1 aromatic carbocycles. The first-order chi connectivity index (χ1) is 13.6. The first kappa shape index (κ1) is 20.4. The predicted molar refractivity (Wildman–Crippen MR) is 107 cm³/mol. The number of benzene rings is 1. The molecule has 0 aliphatic heterocycles. The Kier molecular flexibility index (Phi) is 5.37. The van der Waals surface area contributed by atoms with E-state index in [2.05, 4.69) is 15.3 Å². The fourth-order valence-electron chi connectivity index (χ4n) is 3.09. The standard InChI is InChI=1S/C21H25N3O5/c1-20(2,3)29-19(26)24-21(4,18-23-16(12-28-18)17(25)27-5)10-13-11-22-15-9-7-6-8-14(13)15/h6-9,11-12,22H,10H2,1-5H3,(H,24,26)/t21-/m0/s1. The number of fused-ring (bicyclic) bond motifs is 1. The number of aromatic amines is 1. The Balaban J connectivity index is 1.97. The van der Waals surface area contributed by atoms with E-state index in [9.17, 15) is 9.59 Å². The van der Waals surface area contributed by atoms with Crippen molar-refractivity contribution in [3.05, 3.63) is 53.9 Å². The van der Waals surface area contributed by atoms with E-state index >= 15 is 0 Å². The van der Waals surface area contributed by atoms with E-state index in [4.69, 9.17) is 13.9 Å². The molecule has 2 heterocycles. The molecule has 1 amide bonds. The SMILES string of the molecule is COC(=O)c1coc([C@](C)(Cc2c[nH]c3ccccc23)NC(=O)OC(C)(C)C)n1. The maximum absolute atomic E-state index is 12.5. The van der Waals surface area contributed by atoms with Gasteiger partial charge < -0.3 is 24.2 Å². The monoisotopic (exact) mass is 399 g/mol. The third kappa shape index (κ3) is 4.59. The lowest BCUT2D eigenvalue weighted by molar-refractivity contribution is 0.0443. The fraction of sp³-hybridized carbons (Fsp3) is 0.381. The molecule has 8 nitrogen and oxygen atoms in total. The highest BCUT2D eigenvalue weighted by molar-refractivity contribution is 5.86. The topological polar surface area (TPSA) is 106 Å². The average Bonchev–Trinajstić information content (AvgIpc) is 3.27. The number of ether oxygens (including phenoxy) is 2. The largest absolute Gasteiger partial charge is 0.464 e. The van der Waals surface area contributed by atoms with Gasteiger partial charge in [-0.2, -0.15) is 0 Å². The molecule has 1 atom stereocenters. The van der Waals surface area contributed by atoms with Crippen LogP contribution in [0.3, 0.4) is 0 Å². The Labute approximate surface area is 168 Å². The average molecular weight is 399 g/mol. The summed E-state index contributed by atoms with van der Waals surface area (Å²) in [6.07, 6.45) is 2.84. The van der Waals surface area contributed by atoms with Gasteiger partial charge in [0.1, 0.15) is 17.4 Å². The number of oxazole rings is 1. The highest BCUT2D eigenvalue weighted by Crippen LogP contribution is 2.29. The molecular weight excluding hydrogens is 374 g/mol. The van der Waals surface area contributed by atoms with E-state index in [0.29, 0.717) is 6.42 Å². The molecule has 154 valence electrons. The van der Waals surface area contributed by atoms with Crippen molar-refractivity contribution in [3.63, 3.8) is 0 Å². The van der Waals surface area contributed by atoms with Crippen LogP contribution < -0.4 is 5.32 Å². The van der Waals surface area contributed by atoms with Crippen LogP contribution in [0.15, 0.2) is 41.1 Å². The van der Waals surface area contributed by atoms with Crippen molar-refractivity contribution >= 4 is 23.0 Å². The molecule has 0 fully saturated rings. The summed E-state index contributed by atoms with van der Waals surface area (Å²) in [7, 11) is 1.26. The van der Waals surface area contributed by atoms with E-state index in [0.717, 1.165) is 16.5 Å². The second kappa shape index (κ2) is 7.62. The highest BCUT2D eigenvalue weighted by Gasteiger charge is 2.37. The number of carbonyl (C=O) groups excluding carboxylic acids is 2. The molecule has 0 radical (unpaired) electrons. The van der Waals surface area contributed by atoms with Crippen LogP contribution >= 0.6 is 0 Å². The van der Waals surface area contributed by atoms with Crippen LogP contribution in [0.4, 0.5) is 4.79 Å². The van der Waals surface area contributed by atoms with Gasteiger partial charge in [0.25, 0.3) is 0 Å². The van der Waals surface area contributed by atoms with Crippen LogP contribution in [0, 0.1) is 0 Å². The van der Waals surface area contributed by atoms with Gasteiger partial charge in [0.05, 0.1) is 7.11 Å². The van der Waals surface area contributed by atoms with Crippen LogP contribution in [0.5, 0.6) is 0 Å². The predicted octanol–water partition coefficient (Wildman–Crippen LogP) is 3.93. The third-order valence-corrected chi connectivity index (χ3v) is 4.37. The molecule has 0 bridgehead atoms. The van der Waals surface area contributed by atoms with Gasteiger partial charge in [0.2, 0.25) is 5.89 Å². The third-order valence-electron chi connectivity index (χ3n) is 4.37. The molecular formula is C21H25N3O5. The number of methoxy groups -OCH3 is 1. The molecule has 0 aliphatic carbocycles. The summed E-state index contributed by atoms with van der Waals surface area (Å²) >= 11 is 0. The Morgan fingerprint density at radius 1 is 1.21 bits per heavy atom. The number of nitrogens with zero attached hydrogens (tertiary/aromatic N) is 1. The number of hydrogen-bond donors (Lipinski definition) is 2. The van der Waals surface area contributed by atoms with Crippen molar-refractivity contribution in [3.8, 4) is 0 Å². The Hall–Kier alpha value is -3.29. The number of hydrogen-bond acceptors (Lipinski definition) is 6. The van der Waals surface area contributed by atoms with Gasteiger partial charge in [-0.15, -0.1) is 0 Å². The van der Waals surface area contributed by atoms with E-state index < -0.39 is 23.2 Å². The zero-order valence-electron chi connectivity index (χ0n) is 17.2. The van der Waals surface area contributed by atoms with Gasteiger partial charge in [-0.25, -0.2) is 14.6 Å². The van der Waals surface area contributed by atoms with E-state index in [1.54, 1.807) is 27.7 Å². The van der Waals surface area contributed by atoms with Crippen molar-refractivity contribution in [2.75, 3.05) is 7.11 Å². The van der Waals surface area contributed by atoms with Crippen molar-refractivity contribution in [2.24, 2.45) is 0 Å². The molecule has 2 N–H and O–H groups in total. The van der Waals surface area contributed by atoms with Crippen molar-refractivity contribution in [1.29, 1.82) is 0 Å². The van der Waals surface area contributed by atoms with Crippen molar-refractivity contribution < 1.29 is 23.5 Å². The van der Waals surface area contributed by atoms with Crippen molar-refractivity contribution in [2.45, 2.75) is 45.3 Å². The Bertz CT molecular complexity index is 1030. The maximum Gasteiger partial charge on any atom is 0.408 e. The van der Waals surface area contributed by atoms with Crippen LogP contribution in [0.2, 0.25) is 0 Å². The summed E-state index contributed by atoms with van der Waals surface area (Å²) < 4.78 is 15.7. The Morgan fingerprint density at radius 2 is 1.93 bits per heavy atom. The fourth-order valence-corrected chi connectivity index (χ4v) is 3.09. The number of carbonyl (C=O) groups is 2. The molecule has 0 saturated heterocycles. The summed E-state index contributed by atoms with van der Waals surface area (Å²) in [5, 5.41) is 3.87. The lowest BCUT2D eigenvalue weighted by Gasteiger charge is -2.29. The summed E-state index contributed by atoms with van der Waals surface area (Å²) in [5.74, 6) is -0.444. The van der Waals surface area contributed by atoms with Gasteiger partial charge in [-0.3, -0.25) is 0 Å². The molecule has 3 aromatic rings. The molecule has 0 saturated carbocycles. The minimum absolute atomic E-state index is 0.0265. The number of aromatic nitrogens is 2. The Morgan fingerprint density at radius 3 is 2.62 bits per heavy atom. The van der Waals surface area contributed by atoms with Gasteiger partial charge >= 0.3 is 12.1 Å². The van der Waals surface area contributed by atoms with Gasteiger partial charge in [-0.05, 0) is 39.3 Å². The van der Waals surface area contributed by atoms with Crippen molar-refractivity contribution in [1.82, 2.24) is 15.3 Å². The summed E-state index contributed by atoms with van der Waals surface area (Å²) in [6, 6.07) is 7.85. The minimum Gasteiger partial charge on any atom is -0.464 e. The lowest BCUT2D eigenvalue weighted by atomic mass is 9.92. The first-order valence-corrected chi connectivity index (χ1v) is 9.22. The lowest BCUT2D eigenvalue weighted by Crippen LogP contribution is -2.47. The molecule has 2 aromatic heterocycles. The maximum atomic E-state index is 12.5. The normalized spacial score (nSPS) is 13.7.